The minimum Gasteiger partial charge on any atom is -0.481 e. The Bertz CT molecular complexity index is 246. The molecule has 0 aromatic heterocycles. The number of amides is 2. The molecule has 16 heavy (non-hydrogen) atoms. The first kappa shape index (κ1) is 14.8. The summed E-state index contributed by atoms with van der Waals surface area (Å²) in [7, 11) is 1.58. The fraction of sp³-hybridized carbons (Fsp3) is 0.600. The largest absolute Gasteiger partial charge is 0.481 e. The first-order valence-corrected chi connectivity index (χ1v) is 6.12. The molecule has 0 bridgehead atoms. The maximum atomic E-state index is 11.4. The van der Waals surface area contributed by atoms with Crippen LogP contribution in [-0.2, 0) is 4.79 Å². The van der Waals surface area contributed by atoms with E-state index in [1.165, 1.54) is 4.90 Å². The maximum Gasteiger partial charge on any atom is 0.317 e. The molecule has 6 heteroatoms. The first-order chi connectivity index (χ1) is 7.57. The van der Waals surface area contributed by atoms with Gasteiger partial charge in [-0.05, 0) is 0 Å². The zero-order chi connectivity index (χ0) is 12.4. The van der Waals surface area contributed by atoms with Crippen molar-refractivity contribution >= 4 is 23.8 Å². The van der Waals surface area contributed by atoms with Gasteiger partial charge in [0.15, 0.2) is 0 Å². The van der Waals surface area contributed by atoms with Crippen LogP contribution < -0.4 is 5.32 Å². The molecular weight excluding hydrogens is 228 g/mol. The van der Waals surface area contributed by atoms with E-state index < -0.39 is 5.97 Å². The van der Waals surface area contributed by atoms with Crippen molar-refractivity contribution in [3.63, 3.8) is 0 Å². The van der Waals surface area contributed by atoms with Crippen LogP contribution >= 0.6 is 11.8 Å². The predicted molar refractivity (Wildman–Crippen MR) is 65.8 cm³/mol. The number of hydrogen-bond acceptors (Lipinski definition) is 3. The fourth-order valence-corrected chi connectivity index (χ4v) is 1.48. The number of nitrogens with one attached hydrogen (secondary N) is 1. The third-order valence-corrected chi connectivity index (χ3v) is 2.73. The minimum absolute atomic E-state index is 0.0326. The van der Waals surface area contributed by atoms with Crippen molar-refractivity contribution in [3.8, 4) is 0 Å². The van der Waals surface area contributed by atoms with Gasteiger partial charge in [0, 0.05) is 31.6 Å². The molecule has 2 N–H and O–H groups in total. The quantitative estimate of drug-likeness (QED) is 0.495. The Morgan fingerprint density at radius 2 is 2.25 bits per heavy atom. The molecule has 2 amide bonds. The Kier molecular flexibility index (Phi) is 8.42. The van der Waals surface area contributed by atoms with E-state index in [-0.39, 0.29) is 19.0 Å². The Hall–Kier alpha value is -1.17. The zero-order valence-electron chi connectivity index (χ0n) is 9.44. The van der Waals surface area contributed by atoms with Gasteiger partial charge in [-0.2, -0.15) is 11.8 Å². The van der Waals surface area contributed by atoms with Gasteiger partial charge in [0.25, 0.3) is 0 Å². The van der Waals surface area contributed by atoms with Crippen LogP contribution in [0.25, 0.3) is 0 Å². The number of rotatable bonds is 8. The Balaban J connectivity index is 3.54. The Morgan fingerprint density at radius 3 is 2.81 bits per heavy atom. The molecule has 0 fully saturated rings. The van der Waals surface area contributed by atoms with Crippen molar-refractivity contribution in [2.24, 2.45) is 0 Å². The van der Waals surface area contributed by atoms with E-state index >= 15 is 0 Å². The summed E-state index contributed by atoms with van der Waals surface area (Å²) in [6.45, 7) is 4.39. The molecule has 0 heterocycles. The van der Waals surface area contributed by atoms with Crippen LogP contribution in [0.3, 0.4) is 0 Å². The van der Waals surface area contributed by atoms with Crippen LogP contribution in [0.2, 0.25) is 0 Å². The summed E-state index contributed by atoms with van der Waals surface area (Å²) < 4.78 is 0. The SMILES string of the molecule is C=CCSCCNC(=O)N(C)CCC(=O)O. The van der Waals surface area contributed by atoms with E-state index in [0.717, 1.165) is 11.5 Å². The minimum atomic E-state index is -0.902. The van der Waals surface area contributed by atoms with Crippen molar-refractivity contribution in [1.82, 2.24) is 10.2 Å². The molecule has 0 atom stereocenters. The van der Waals surface area contributed by atoms with Gasteiger partial charge in [-0.15, -0.1) is 6.58 Å². The van der Waals surface area contributed by atoms with Gasteiger partial charge in [0.1, 0.15) is 0 Å². The molecule has 92 valence electrons. The lowest BCUT2D eigenvalue weighted by atomic mass is 10.4. The number of carbonyl (C=O) groups excluding carboxylic acids is 1. The molecular formula is C10H18N2O3S. The summed E-state index contributed by atoms with van der Waals surface area (Å²) in [5.41, 5.74) is 0. The van der Waals surface area contributed by atoms with Gasteiger partial charge in [-0.3, -0.25) is 4.79 Å². The van der Waals surface area contributed by atoms with Crippen LogP contribution in [0.4, 0.5) is 4.79 Å². The second-order valence-corrected chi connectivity index (χ2v) is 4.31. The summed E-state index contributed by atoms with van der Waals surface area (Å²) in [4.78, 5) is 23.0. The number of carboxylic acid groups (broad SMARTS) is 1. The van der Waals surface area contributed by atoms with Gasteiger partial charge in [0.05, 0.1) is 6.42 Å². The van der Waals surface area contributed by atoms with Crippen LogP contribution in [0.1, 0.15) is 6.42 Å². The van der Waals surface area contributed by atoms with Crippen molar-refractivity contribution < 1.29 is 14.7 Å². The van der Waals surface area contributed by atoms with E-state index in [2.05, 4.69) is 11.9 Å². The topological polar surface area (TPSA) is 69.6 Å². The van der Waals surface area contributed by atoms with Crippen LogP contribution in [0.15, 0.2) is 12.7 Å². The van der Waals surface area contributed by atoms with E-state index in [1.54, 1.807) is 18.8 Å². The number of urea groups is 1. The number of nitrogens with zero attached hydrogens (tertiary/aromatic N) is 1. The average Bonchev–Trinajstić information content (AvgIpc) is 2.25. The summed E-state index contributed by atoms with van der Waals surface area (Å²) in [5.74, 6) is 0.788. The van der Waals surface area contributed by atoms with Crippen molar-refractivity contribution in [2.45, 2.75) is 6.42 Å². The van der Waals surface area contributed by atoms with Crippen molar-refractivity contribution in [3.05, 3.63) is 12.7 Å². The van der Waals surface area contributed by atoms with Gasteiger partial charge in [-0.25, -0.2) is 4.79 Å². The highest BCUT2D eigenvalue weighted by atomic mass is 32.2. The molecule has 0 unspecified atom stereocenters. The molecule has 0 saturated carbocycles. The first-order valence-electron chi connectivity index (χ1n) is 4.97. The van der Waals surface area contributed by atoms with Gasteiger partial charge < -0.3 is 15.3 Å². The number of thioether (sulfide) groups is 1. The highest BCUT2D eigenvalue weighted by Crippen LogP contribution is 1.97. The lowest BCUT2D eigenvalue weighted by Crippen LogP contribution is -2.39. The van der Waals surface area contributed by atoms with Gasteiger partial charge in [-0.1, -0.05) is 6.08 Å². The summed E-state index contributed by atoms with van der Waals surface area (Å²) >= 11 is 1.68. The fourth-order valence-electron chi connectivity index (χ4n) is 0.897. The highest BCUT2D eigenvalue weighted by molar-refractivity contribution is 7.99. The average molecular weight is 246 g/mol. The van der Waals surface area contributed by atoms with Gasteiger partial charge in [0.2, 0.25) is 0 Å². The van der Waals surface area contributed by atoms with E-state index in [9.17, 15) is 9.59 Å². The molecule has 0 radical (unpaired) electrons. The molecule has 0 aromatic rings. The van der Waals surface area contributed by atoms with E-state index in [1.807, 2.05) is 6.08 Å². The third-order valence-electron chi connectivity index (χ3n) is 1.77. The van der Waals surface area contributed by atoms with Crippen LogP contribution in [0.5, 0.6) is 0 Å². The standard InChI is InChI=1S/C10H18N2O3S/c1-3-7-16-8-5-11-10(15)12(2)6-4-9(13)14/h3H,1,4-8H2,2H3,(H,11,15)(H,13,14). The monoisotopic (exact) mass is 246 g/mol. The molecule has 0 aliphatic heterocycles. The molecule has 0 aromatic carbocycles. The smallest absolute Gasteiger partial charge is 0.317 e. The summed E-state index contributed by atoms with van der Waals surface area (Å²) in [5, 5.41) is 11.2. The summed E-state index contributed by atoms with van der Waals surface area (Å²) in [6, 6.07) is -0.236. The number of carboxylic acids is 1. The molecule has 0 saturated heterocycles. The van der Waals surface area contributed by atoms with Gasteiger partial charge >= 0.3 is 12.0 Å². The maximum absolute atomic E-state index is 11.4. The third kappa shape index (κ3) is 8.16. The number of hydrogen-bond donors (Lipinski definition) is 2. The van der Waals surface area contributed by atoms with E-state index in [4.69, 9.17) is 5.11 Å². The second-order valence-electron chi connectivity index (χ2n) is 3.16. The zero-order valence-corrected chi connectivity index (χ0v) is 10.3. The highest BCUT2D eigenvalue weighted by Gasteiger charge is 2.08. The van der Waals surface area contributed by atoms with Crippen LogP contribution in [-0.4, -0.2) is 53.6 Å². The summed E-state index contributed by atoms with van der Waals surface area (Å²) in [6.07, 6.45) is 1.78. The number of carbonyl (C=O) groups is 2. The molecule has 0 aliphatic rings. The number of aliphatic carboxylic acids is 1. The lowest BCUT2D eigenvalue weighted by molar-refractivity contribution is -0.137. The van der Waals surface area contributed by atoms with Crippen LogP contribution in [0, 0.1) is 0 Å². The van der Waals surface area contributed by atoms with Crippen molar-refractivity contribution in [2.75, 3.05) is 31.6 Å². The van der Waals surface area contributed by atoms with Crippen molar-refractivity contribution in [1.29, 1.82) is 0 Å². The predicted octanol–water partition coefficient (Wildman–Crippen LogP) is 1.02. The second kappa shape index (κ2) is 9.08. The van der Waals surface area contributed by atoms with E-state index in [0.29, 0.717) is 6.54 Å². The normalized spacial score (nSPS) is 9.56. The molecule has 0 aliphatic carbocycles. The Labute approximate surface area is 99.9 Å². The lowest BCUT2D eigenvalue weighted by Gasteiger charge is -2.16. The molecule has 0 spiro atoms. The molecule has 5 nitrogen and oxygen atoms in total. The Morgan fingerprint density at radius 1 is 1.56 bits per heavy atom. The molecule has 0 rings (SSSR count).